The van der Waals surface area contributed by atoms with Gasteiger partial charge in [-0.3, -0.25) is 4.68 Å². The van der Waals surface area contributed by atoms with Crippen LogP contribution in [0.2, 0.25) is 0 Å². The van der Waals surface area contributed by atoms with Crippen LogP contribution < -0.4 is 5.32 Å². The highest BCUT2D eigenvalue weighted by Crippen LogP contribution is 2.10. The molecule has 1 heterocycles. The van der Waals surface area contributed by atoms with Crippen molar-refractivity contribution >= 4 is 0 Å². The number of nitrogens with zero attached hydrogens (tertiary/aromatic N) is 2. The first kappa shape index (κ1) is 10.3. The predicted octanol–water partition coefficient (Wildman–Crippen LogP) is 1.13. The zero-order chi connectivity index (χ0) is 9.68. The molecule has 0 aliphatic rings. The Balaban J connectivity index is 2.55. The van der Waals surface area contributed by atoms with E-state index in [9.17, 15) is 0 Å². The Bertz CT molecular complexity index is 253. The van der Waals surface area contributed by atoms with Crippen LogP contribution in [0.5, 0.6) is 0 Å². The fourth-order valence-corrected chi connectivity index (χ4v) is 1.63. The summed E-state index contributed by atoms with van der Waals surface area (Å²) in [5.41, 5.74) is 2.77. The van der Waals surface area contributed by atoms with Crippen molar-refractivity contribution in [3.63, 3.8) is 0 Å². The largest absolute Gasteiger partial charge is 0.320 e. The molecule has 0 amide bonds. The highest BCUT2D eigenvalue weighted by atomic mass is 15.3. The van der Waals surface area contributed by atoms with E-state index < -0.39 is 0 Å². The Kier molecular flexibility index (Phi) is 3.96. The highest BCUT2D eigenvalue weighted by Gasteiger charge is 2.04. The third kappa shape index (κ3) is 2.56. The van der Waals surface area contributed by atoms with Crippen LogP contribution in [0, 0.1) is 0 Å². The van der Waals surface area contributed by atoms with Gasteiger partial charge in [0.1, 0.15) is 0 Å². The van der Waals surface area contributed by atoms with Gasteiger partial charge in [-0.2, -0.15) is 5.10 Å². The second-order valence-corrected chi connectivity index (χ2v) is 3.30. The number of rotatable bonds is 5. The molecule has 0 aliphatic heterocycles. The number of aryl methyl sites for hydroxylation is 2. The minimum atomic E-state index is 1.07. The van der Waals surface area contributed by atoms with E-state index >= 15 is 0 Å². The maximum absolute atomic E-state index is 4.26. The fraction of sp³-hybridized carbons (Fsp3) is 0.700. The van der Waals surface area contributed by atoms with Gasteiger partial charge >= 0.3 is 0 Å². The lowest BCUT2D eigenvalue weighted by Crippen LogP contribution is -2.09. The molecule has 0 bridgehead atoms. The molecule has 1 rings (SSSR count). The van der Waals surface area contributed by atoms with E-state index in [1.165, 1.54) is 17.7 Å². The first-order chi connectivity index (χ1) is 6.29. The van der Waals surface area contributed by atoms with Crippen molar-refractivity contribution in [1.29, 1.82) is 0 Å². The van der Waals surface area contributed by atoms with Crippen LogP contribution in [0.25, 0.3) is 0 Å². The molecule has 0 atom stereocenters. The van der Waals surface area contributed by atoms with Crippen LogP contribution in [-0.4, -0.2) is 23.4 Å². The van der Waals surface area contributed by atoms with E-state index in [0.29, 0.717) is 0 Å². The summed E-state index contributed by atoms with van der Waals surface area (Å²) in [4.78, 5) is 0. The summed E-state index contributed by atoms with van der Waals surface area (Å²) >= 11 is 0. The van der Waals surface area contributed by atoms with Crippen LogP contribution in [0.4, 0.5) is 0 Å². The quantitative estimate of drug-likeness (QED) is 0.690. The normalized spacial score (nSPS) is 10.7. The van der Waals surface area contributed by atoms with Gasteiger partial charge in [0, 0.05) is 12.7 Å². The molecule has 1 aromatic heterocycles. The SMILES string of the molecule is CCc1c(CCCNC)cnn1C. The Labute approximate surface area is 80.1 Å². The Hall–Kier alpha value is -0.830. The highest BCUT2D eigenvalue weighted by molar-refractivity contribution is 5.17. The van der Waals surface area contributed by atoms with Crippen molar-refractivity contribution in [2.75, 3.05) is 13.6 Å². The van der Waals surface area contributed by atoms with Gasteiger partial charge in [-0.25, -0.2) is 0 Å². The lowest BCUT2D eigenvalue weighted by atomic mass is 10.1. The van der Waals surface area contributed by atoms with Crippen LogP contribution in [0.15, 0.2) is 6.20 Å². The van der Waals surface area contributed by atoms with E-state index in [1.54, 1.807) is 0 Å². The second-order valence-electron chi connectivity index (χ2n) is 3.30. The van der Waals surface area contributed by atoms with Crippen molar-refractivity contribution < 1.29 is 0 Å². The molecule has 3 heteroatoms. The molecule has 0 spiro atoms. The molecule has 1 aromatic rings. The van der Waals surface area contributed by atoms with Crippen molar-refractivity contribution in [1.82, 2.24) is 15.1 Å². The average molecular weight is 181 g/mol. The van der Waals surface area contributed by atoms with Crippen molar-refractivity contribution in [3.05, 3.63) is 17.5 Å². The topological polar surface area (TPSA) is 29.9 Å². The number of aromatic nitrogens is 2. The summed E-state index contributed by atoms with van der Waals surface area (Å²) in [7, 11) is 4.00. The lowest BCUT2D eigenvalue weighted by Gasteiger charge is -2.02. The minimum absolute atomic E-state index is 1.07. The minimum Gasteiger partial charge on any atom is -0.320 e. The van der Waals surface area contributed by atoms with E-state index in [0.717, 1.165) is 19.4 Å². The van der Waals surface area contributed by atoms with Gasteiger partial charge in [-0.05, 0) is 38.4 Å². The molecular formula is C10H19N3. The van der Waals surface area contributed by atoms with Crippen molar-refractivity contribution in [2.24, 2.45) is 7.05 Å². The molecule has 0 aromatic carbocycles. The van der Waals surface area contributed by atoms with Crippen molar-refractivity contribution in [2.45, 2.75) is 26.2 Å². The lowest BCUT2D eigenvalue weighted by molar-refractivity contribution is 0.699. The van der Waals surface area contributed by atoms with E-state index in [4.69, 9.17) is 0 Å². The third-order valence-electron chi connectivity index (χ3n) is 2.36. The molecule has 3 nitrogen and oxygen atoms in total. The van der Waals surface area contributed by atoms with E-state index in [2.05, 4.69) is 17.3 Å². The molecule has 0 fully saturated rings. The number of hydrogen-bond acceptors (Lipinski definition) is 2. The molecule has 1 N–H and O–H groups in total. The maximum atomic E-state index is 4.26. The molecule has 0 saturated carbocycles. The van der Waals surface area contributed by atoms with Gasteiger partial charge in [-0.1, -0.05) is 6.92 Å². The van der Waals surface area contributed by atoms with Gasteiger partial charge in [-0.15, -0.1) is 0 Å². The average Bonchev–Trinajstić information content (AvgIpc) is 2.47. The molecular weight excluding hydrogens is 162 g/mol. The Morgan fingerprint density at radius 2 is 2.31 bits per heavy atom. The first-order valence-corrected chi connectivity index (χ1v) is 4.94. The molecule has 13 heavy (non-hydrogen) atoms. The summed E-state index contributed by atoms with van der Waals surface area (Å²) in [6.45, 7) is 3.26. The molecule has 0 unspecified atom stereocenters. The standard InChI is InChI=1S/C10H19N3/c1-4-10-9(6-5-7-11-2)8-12-13(10)3/h8,11H,4-7H2,1-3H3. The summed E-state index contributed by atoms with van der Waals surface area (Å²) in [5.74, 6) is 0. The van der Waals surface area contributed by atoms with E-state index in [1.807, 2.05) is 25.0 Å². The second kappa shape index (κ2) is 5.02. The fourth-order valence-electron chi connectivity index (χ4n) is 1.63. The van der Waals surface area contributed by atoms with Crippen LogP contribution in [0.1, 0.15) is 24.6 Å². The predicted molar refractivity (Wildman–Crippen MR) is 54.8 cm³/mol. The Morgan fingerprint density at radius 1 is 1.54 bits per heavy atom. The third-order valence-corrected chi connectivity index (χ3v) is 2.36. The number of nitrogens with one attached hydrogen (secondary N) is 1. The number of hydrogen-bond donors (Lipinski definition) is 1. The monoisotopic (exact) mass is 181 g/mol. The van der Waals surface area contributed by atoms with Crippen LogP contribution >= 0.6 is 0 Å². The van der Waals surface area contributed by atoms with Gasteiger partial charge in [0.15, 0.2) is 0 Å². The van der Waals surface area contributed by atoms with Gasteiger partial charge in [0.25, 0.3) is 0 Å². The summed E-state index contributed by atoms with van der Waals surface area (Å²) in [6.07, 6.45) is 5.40. The maximum Gasteiger partial charge on any atom is 0.0524 e. The summed E-state index contributed by atoms with van der Waals surface area (Å²) in [5, 5.41) is 7.42. The van der Waals surface area contributed by atoms with Gasteiger partial charge in [0.05, 0.1) is 6.20 Å². The van der Waals surface area contributed by atoms with Gasteiger partial charge < -0.3 is 5.32 Å². The molecule has 0 aliphatic carbocycles. The Morgan fingerprint density at radius 3 is 2.92 bits per heavy atom. The zero-order valence-corrected chi connectivity index (χ0v) is 8.80. The zero-order valence-electron chi connectivity index (χ0n) is 8.80. The van der Waals surface area contributed by atoms with Crippen molar-refractivity contribution in [3.8, 4) is 0 Å². The van der Waals surface area contributed by atoms with Crippen LogP contribution in [-0.2, 0) is 19.9 Å². The van der Waals surface area contributed by atoms with Gasteiger partial charge in [0.2, 0.25) is 0 Å². The molecule has 0 radical (unpaired) electrons. The van der Waals surface area contributed by atoms with E-state index in [-0.39, 0.29) is 0 Å². The van der Waals surface area contributed by atoms with Crippen LogP contribution in [0.3, 0.4) is 0 Å². The molecule has 0 saturated heterocycles. The molecule has 74 valence electrons. The summed E-state index contributed by atoms with van der Waals surface area (Å²) in [6, 6.07) is 0. The summed E-state index contributed by atoms with van der Waals surface area (Å²) < 4.78 is 1.98. The first-order valence-electron chi connectivity index (χ1n) is 4.94. The smallest absolute Gasteiger partial charge is 0.0524 e.